The van der Waals surface area contributed by atoms with Gasteiger partial charge < -0.3 is 10.2 Å². The molecule has 7 heteroatoms. The molecule has 144 valence electrons. The van der Waals surface area contributed by atoms with Crippen LogP contribution in [-0.2, 0) is 20.9 Å². The van der Waals surface area contributed by atoms with E-state index in [-0.39, 0.29) is 24.1 Å². The topological polar surface area (TPSA) is 95.6 Å². The van der Waals surface area contributed by atoms with Gasteiger partial charge in [-0.1, -0.05) is 27.2 Å². The summed E-state index contributed by atoms with van der Waals surface area (Å²) in [5.41, 5.74) is 1.48. The van der Waals surface area contributed by atoms with Crippen molar-refractivity contribution in [1.29, 1.82) is 0 Å². The van der Waals surface area contributed by atoms with Gasteiger partial charge in [0.15, 0.2) is 0 Å². The molecule has 0 saturated carbocycles. The van der Waals surface area contributed by atoms with E-state index in [1.54, 1.807) is 18.2 Å². The zero-order valence-corrected chi connectivity index (χ0v) is 15.9. The quantitative estimate of drug-likeness (QED) is 0.776. The van der Waals surface area contributed by atoms with E-state index in [4.69, 9.17) is 0 Å². The van der Waals surface area contributed by atoms with Gasteiger partial charge >= 0.3 is 0 Å². The summed E-state index contributed by atoms with van der Waals surface area (Å²) in [5, 5.41) is 5.22. The van der Waals surface area contributed by atoms with Gasteiger partial charge in [0, 0.05) is 29.6 Å². The predicted octanol–water partition coefficient (Wildman–Crippen LogP) is 2.21. The fraction of sp³-hybridized carbons (Fsp3) is 0.500. The number of carbonyl (C=O) groups excluding carboxylic acids is 4. The first-order valence-corrected chi connectivity index (χ1v) is 9.32. The molecule has 1 atom stereocenters. The minimum Gasteiger partial charge on any atom is -0.326 e. The summed E-state index contributed by atoms with van der Waals surface area (Å²) >= 11 is 0. The number of amides is 4. The van der Waals surface area contributed by atoms with Gasteiger partial charge in [-0.15, -0.1) is 0 Å². The van der Waals surface area contributed by atoms with Crippen molar-refractivity contribution >= 4 is 29.3 Å². The summed E-state index contributed by atoms with van der Waals surface area (Å²) in [6.07, 6.45) is 2.26. The summed E-state index contributed by atoms with van der Waals surface area (Å²) in [5.74, 6) is -1.01. The summed E-state index contributed by atoms with van der Waals surface area (Å²) in [4.78, 5) is 50.1. The van der Waals surface area contributed by atoms with Crippen LogP contribution in [0.5, 0.6) is 0 Å². The molecule has 7 nitrogen and oxygen atoms in total. The average molecular weight is 371 g/mol. The molecule has 2 aliphatic heterocycles. The second kappa shape index (κ2) is 7.13. The number of imide groups is 1. The fourth-order valence-corrected chi connectivity index (χ4v) is 3.69. The van der Waals surface area contributed by atoms with Gasteiger partial charge in [0.05, 0.1) is 0 Å². The van der Waals surface area contributed by atoms with E-state index in [0.717, 1.165) is 18.4 Å². The molecule has 3 rings (SSSR count). The van der Waals surface area contributed by atoms with Crippen molar-refractivity contribution in [3.63, 3.8) is 0 Å². The van der Waals surface area contributed by atoms with Crippen LogP contribution in [0, 0.1) is 5.41 Å². The van der Waals surface area contributed by atoms with E-state index in [0.29, 0.717) is 24.2 Å². The molecule has 1 aromatic carbocycles. The Morgan fingerprint density at radius 2 is 2.04 bits per heavy atom. The molecule has 1 saturated heterocycles. The molecule has 4 amide bonds. The largest absolute Gasteiger partial charge is 0.326 e. The zero-order valence-electron chi connectivity index (χ0n) is 15.9. The van der Waals surface area contributed by atoms with Crippen molar-refractivity contribution in [2.24, 2.45) is 5.41 Å². The van der Waals surface area contributed by atoms with E-state index in [1.807, 2.05) is 20.8 Å². The lowest BCUT2D eigenvalue weighted by atomic mass is 9.87. The molecule has 2 heterocycles. The lowest BCUT2D eigenvalue weighted by Crippen LogP contribution is -2.52. The van der Waals surface area contributed by atoms with Crippen molar-refractivity contribution in [2.75, 3.05) is 5.32 Å². The number of piperidine rings is 1. The third-order valence-electron chi connectivity index (χ3n) is 5.27. The molecular formula is C20H25N3O4. The maximum Gasteiger partial charge on any atom is 0.255 e. The first-order chi connectivity index (χ1) is 12.7. The van der Waals surface area contributed by atoms with Gasteiger partial charge in [-0.3, -0.25) is 24.5 Å². The zero-order chi connectivity index (χ0) is 19.8. The number of carbonyl (C=O) groups is 4. The number of rotatable bonds is 5. The molecular weight excluding hydrogens is 346 g/mol. The standard InChI is InChI=1S/C20H25N3O4/c1-4-9-20(2,3)19(27)21-13-5-6-14-12(10-13)11-23(18(14)26)15-7-8-16(24)22-17(15)25/h5-6,10,15H,4,7-9,11H2,1-3H3,(H,21,27)(H,22,24,25). The highest BCUT2D eigenvalue weighted by atomic mass is 16.2. The fourth-order valence-electron chi connectivity index (χ4n) is 3.69. The Balaban J connectivity index is 1.75. The highest BCUT2D eigenvalue weighted by Crippen LogP contribution is 2.30. The van der Waals surface area contributed by atoms with Gasteiger partial charge in [-0.25, -0.2) is 0 Å². The molecule has 0 aliphatic carbocycles. The lowest BCUT2D eigenvalue weighted by molar-refractivity contribution is -0.137. The van der Waals surface area contributed by atoms with E-state index < -0.39 is 17.4 Å². The van der Waals surface area contributed by atoms with Gasteiger partial charge in [0.2, 0.25) is 17.7 Å². The Morgan fingerprint density at radius 1 is 1.30 bits per heavy atom. The Hall–Kier alpha value is -2.70. The van der Waals surface area contributed by atoms with Crippen molar-refractivity contribution in [3.8, 4) is 0 Å². The first-order valence-electron chi connectivity index (χ1n) is 9.32. The minimum atomic E-state index is -0.635. The minimum absolute atomic E-state index is 0.0596. The summed E-state index contributed by atoms with van der Waals surface area (Å²) in [6.45, 7) is 6.16. The van der Waals surface area contributed by atoms with Gasteiger partial charge in [-0.2, -0.15) is 0 Å². The highest BCUT2D eigenvalue weighted by molar-refractivity contribution is 6.05. The molecule has 1 unspecified atom stereocenters. The van der Waals surface area contributed by atoms with Crippen LogP contribution in [0.1, 0.15) is 62.4 Å². The Bertz CT molecular complexity index is 815. The van der Waals surface area contributed by atoms with Crippen molar-refractivity contribution < 1.29 is 19.2 Å². The van der Waals surface area contributed by atoms with Crippen LogP contribution in [0.4, 0.5) is 5.69 Å². The van der Waals surface area contributed by atoms with Gasteiger partial charge in [0.1, 0.15) is 6.04 Å². The molecule has 1 aromatic rings. The van der Waals surface area contributed by atoms with Crippen LogP contribution in [0.3, 0.4) is 0 Å². The monoisotopic (exact) mass is 371 g/mol. The van der Waals surface area contributed by atoms with E-state index >= 15 is 0 Å². The second-order valence-corrected chi connectivity index (χ2v) is 7.86. The molecule has 0 aromatic heterocycles. The van der Waals surface area contributed by atoms with Gasteiger partial charge in [0.25, 0.3) is 5.91 Å². The predicted molar refractivity (Wildman–Crippen MR) is 99.8 cm³/mol. The number of hydrogen-bond donors (Lipinski definition) is 2. The number of fused-ring (bicyclic) bond motifs is 1. The van der Waals surface area contributed by atoms with Crippen LogP contribution in [0.15, 0.2) is 18.2 Å². The smallest absolute Gasteiger partial charge is 0.255 e. The molecule has 0 bridgehead atoms. The molecule has 2 aliphatic rings. The number of nitrogens with zero attached hydrogens (tertiary/aromatic N) is 1. The van der Waals surface area contributed by atoms with E-state index in [1.165, 1.54) is 4.90 Å². The summed E-state index contributed by atoms with van der Waals surface area (Å²) < 4.78 is 0. The van der Waals surface area contributed by atoms with Crippen molar-refractivity contribution in [2.45, 2.75) is 59.0 Å². The SMILES string of the molecule is CCCC(C)(C)C(=O)Nc1ccc2c(c1)CN(C1CCC(=O)NC1=O)C2=O. The molecule has 0 spiro atoms. The highest BCUT2D eigenvalue weighted by Gasteiger charge is 2.39. The Kier molecular flexibility index (Phi) is 5.04. The van der Waals surface area contributed by atoms with Crippen LogP contribution >= 0.6 is 0 Å². The van der Waals surface area contributed by atoms with E-state index in [2.05, 4.69) is 10.6 Å². The number of hydrogen-bond acceptors (Lipinski definition) is 4. The molecule has 0 radical (unpaired) electrons. The third kappa shape index (κ3) is 3.72. The average Bonchev–Trinajstić information content (AvgIpc) is 2.91. The van der Waals surface area contributed by atoms with Crippen LogP contribution < -0.4 is 10.6 Å². The molecule has 27 heavy (non-hydrogen) atoms. The third-order valence-corrected chi connectivity index (χ3v) is 5.27. The normalized spacial score (nSPS) is 19.7. The number of anilines is 1. The van der Waals surface area contributed by atoms with Crippen LogP contribution in [-0.4, -0.2) is 34.6 Å². The van der Waals surface area contributed by atoms with Crippen molar-refractivity contribution in [1.82, 2.24) is 10.2 Å². The Morgan fingerprint density at radius 3 is 2.70 bits per heavy atom. The lowest BCUT2D eigenvalue weighted by Gasteiger charge is -2.29. The summed E-state index contributed by atoms with van der Waals surface area (Å²) in [6, 6.07) is 4.56. The number of benzene rings is 1. The maximum absolute atomic E-state index is 12.7. The van der Waals surface area contributed by atoms with Crippen LogP contribution in [0.25, 0.3) is 0 Å². The first kappa shape index (κ1) is 19.1. The van der Waals surface area contributed by atoms with Gasteiger partial charge in [-0.05, 0) is 36.6 Å². The summed E-state index contributed by atoms with van der Waals surface area (Å²) in [7, 11) is 0. The number of nitrogens with one attached hydrogen (secondary N) is 2. The van der Waals surface area contributed by atoms with Crippen molar-refractivity contribution in [3.05, 3.63) is 29.3 Å². The van der Waals surface area contributed by atoms with E-state index in [9.17, 15) is 19.2 Å². The second-order valence-electron chi connectivity index (χ2n) is 7.86. The molecule has 2 N–H and O–H groups in total. The maximum atomic E-state index is 12.7. The Labute approximate surface area is 158 Å². The van der Waals surface area contributed by atoms with Crippen LogP contribution in [0.2, 0.25) is 0 Å². The molecule has 1 fully saturated rings.